The van der Waals surface area contributed by atoms with Crippen LogP contribution in [0.3, 0.4) is 0 Å². The molecule has 22 heavy (non-hydrogen) atoms. The van der Waals surface area contributed by atoms with E-state index in [9.17, 15) is 9.90 Å². The first-order valence-corrected chi connectivity index (χ1v) is 7.18. The lowest BCUT2D eigenvalue weighted by Crippen LogP contribution is -2.39. The Labute approximate surface area is 129 Å². The molecule has 2 aromatic rings. The van der Waals surface area contributed by atoms with Crippen molar-refractivity contribution in [3.8, 4) is 0 Å². The Morgan fingerprint density at radius 3 is 2.82 bits per heavy atom. The molecule has 0 amide bonds. The fraction of sp³-hybridized carbons (Fsp3) is 0.375. The smallest absolute Gasteiger partial charge is 0.343 e. The number of nitrogens with one attached hydrogen (secondary N) is 2. The lowest BCUT2D eigenvalue weighted by Gasteiger charge is -2.22. The van der Waals surface area contributed by atoms with Crippen molar-refractivity contribution in [3.05, 3.63) is 36.3 Å². The molecule has 6 heteroatoms. The predicted octanol–water partition coefficient (Wildman–Crippen LogP) is 1.83. The quantitative estimate of drug-likeness (QED) is 0.560. The zero-order chi connectivity index (χ0) is 16.2. The first kappa shape index (κ1) is 16.0. The van der Waals surface area contributed by atoms with E-state index in [-0.39, 0.29) is 13.2 Å². The van der Waals surface area contributed by atoms with Crippen LogP contribution in [-0.2, 0) is 9.53 Å². The van der Waals surface area contributed by atoms with Gasteiger partial charge >= 0.3 is 5.97 Å². The number of carbonyl (C=O) groups excluding carboxylic acids is 1. The van der Waals surface area contributed by atoms with Gasteiger partial charge in [0.2, 0.25) is 0 Å². The summed E-state index contributed by atoms with van der Waals surface area (Å²) in [6, 6.07) is 7.53. The van der Waals surface area contributed by atoms with E-state index in [4.69, 9.17) is 4.74 Å². The monoisotopic (exact) mass is 303 g/mol. The first-order chi connectivity index (χ1) is 10.5. The molecule has 0 bridgehead atoms. The summed E-state index contributed by atoms with van der Waals surface area (Å²) in [5.74, 6) is -0.0383. The lowest BCUT2D eigenvalue weighted by molar-refractivity contribution is -0.136. The largest absolute Gasteiger partial charge is 0.462 e. The minimum atomic E-state index is -0.552. The SMILES string of the molecule is CCOC(=O)C(=CNC(C)(C)CO)c1nc2ccccc2[nH]1. The second-order valence-corrected chi connectivity index (χ2v) is 5.57. The van der Waals surface area contributed by atoms with Crippen LogP contribution in [0.2, 0.25) is 0 Å². The van der Waals surface area contributed by atoms with Gasteiger partial charge in [-0.25, -0.2) is 9.78 Å². The molecule has 0 fully saturated rings. The number of imidazole rings is 1. The van der Waals surface area contributed by atoms with Crippen molar-refractivity contribution in [1.82, 2.24) is 15.3 Å². The summed E-state index contributed by atoms with van der Waals surface area (Å²) < 4.78 is 5.08. The van der Waals surface area contributed by atoms with E-state index in [0.29, 0.717) is 11.4 Å². The van der Waals surface area contributed by atoms with Gasteiger partial charge in [-0.05, 0) is 32.9 Å². The number of esters is 1. The van der Waals surface area contributed by atoms with Crippen molar-refractivity contribution in [2.24, 2.45) is 0 Å². The average molecular weight is 303 g/mol. The van der Waals surface area contributed by atoms with Crippen LogP contribution in [0.4, 0.5) is 0 Å². The van der Waals surface area contributed by atoms with Crippen LogP contribution in [-0.4, -0.2) is 39.8 Å². The summed E-state index contributed by atoms with van der Waals surface area (Å²) in [6.45, 7) is 5.61. The summed E-state index contributed by atoms with van der Waals surface area (Å²) in [7, 11) is 0. The maximum absolute atomic E-state index is 12.2. The molecule has 0 aliphatic rings. The molecule has 0 saturated carbocycles. The number of ether oxygens (including phenoxy) is 1. The van der Waals surface area contributed by atoms with Crippen LogP contribution in [0.1, 0.15) is 26.6 Å². The predicted molar refractivity (Wildman–Crippen MR) is 85.0 cm³/mol. The number of aromatic nitrogens is 2. The van der Waals surface area contributed by atoms with Crippen molar-refractivity contribution >= 4 is 22.6 Å². The Bertz CT molecular complexity index is 656. The van der Waals surface area contributed by atoms with Crippen LogP contribution in [0.25, 0.3) is 16.6 Å². The van der Waals surface area contributed by atoms with Crippen molar-refractivity contribution in [1.29, 1.82) is 0 Å². The number of benzene rings is 1. The van der Waals surface area contributed by atoms with Gasteiger partial charge in [-0.3, -0.25) is 0 Å². The summed E-state index contributed by atoms with van der Waals surface area (Å²) in [5.41, 5.74) is 1.35. The summed E-state index contributed by atoms with van der Waals surface area (Å²) in [5, 5.41) is 12.3. The molecule has 1 aromatic heterocycles. The van der Waals surface area contributed by atoms with Crippen LogP contribution in [0.5, 0.6) is 0 Å². The van der Waals surface area contributed by atoms with Gasteiger partial charge in [0.25, 0.3) is 0 Å². The number of hydrogen-bond donors (Lipinski definition) is 3. The number of rotatable bonds is 6. The number of aliphatic hydroxyl groups is 1. The first-order valence-electron chi connectivity index (χ1n) is 7.18. The molecular formula is C16H21N3O3. The summed E-state index contributed by atoms with van der Waals surface area (Å²) in [4.78, 5) is 19.7. The number of aromatic amines is 1. The van der Waals surface area contributed by atoms with E-state index in [0.717, 1.165) is 11.0 Å². The number of fused-ring (bicyclic) bond motifs is 1. The van der Waals surface area contributed by atoms with Crippen molar-refractivity contribution in [3.63, 3.8) is 0 Å². The lowest BCUT2D eigenvalue weighted by atomic mass is 10.1. The van der Waals surface area contributed by atoms with E-state index >= 15 is 0 Å². The van der Waals surface area contributed by atoms with Gasteiger partial charge in [-0.15, -0.1) is 0 Å². The highest BCUT2D eigenvalue weighted by Gasteiger charge is 2.20. The van der Waals surface area contributed by atoms with Crippen molar-refractivity contribution in [2.75, 3.05) is 13.2 Å². The number of H-pyrrole nitrogens is 1. The number of hydrogen-bond acceptors (Lipinski definition) is 5. The molecule has 3 N–H and O–H groups in total. The van der Waals surface area contributed by atoms with Crippen LogP contribution >= 0.6 is 0 Å². The molecule has 6 nitrogen and oxygen atoms in total. The third-order valence-corrected chi connectivity index (χ3v) is 3.14. The zero-order valence-corrected chi connectivity index (χ0v) is 13.0. The van der Waals surface area contributed by atoms with E-state index in [1.54, 1.807) is 6.92 Å². The molecule has 0 aliphatic heterocycles. The highest BCUT2D eigenvalue weighted by atomic mass is 16.5. The van der Waals surface area contributed by atoms with E-state index in [1.807, 2.05) is 38.1 Å². The topological polar surface area (TPSA) is 87.2 Å². The molecule has 0 saturated heterocycles. The normalized spacial score (nSPS) is 12.5. The standard InChI is InChI=1S/C16H21N3O3/c1-4-22-15(21)11(9-17-16(2,3)10-20)14-18-12-7-5-6-8-13(12)19-14/h5-9,17,20H,4,10H2,1-3H3,(H,18,19). The maximum atomic E-state index is 12.2. The van der Waals surface area contributed by atoms with Gasteiger partial charge in [-0.2, -0.15) is 0 Å². The van der Waals surface area contributed by atoms with Crippen molar-refractivity contribution < 1.29 is 14.6 Å². The number of nitrogens with zero attached hydrogens (tertiary/aromatic N) is 1. The Morgan fingerprint density at radius 1 is 1.45 bits per heavy atom. The van der Waals surface area contributed by atoms with Gasteiger partial charge in [-0.1, -0.05) is 12.1 Å². The van der Waals surface area contributed by atoms with Crippen LogP contribution in [0.15, 0.2) is 30.5 Å². The Balaban J connectivity index is 2.39. The van der Waals surface area contributed by atoms with Gasteiger partial charge in [0.05, 0.1) is 29.8 Å². The fourth-order valence-corrected chi connectivity index (χ4v) is 1.83. The molecule has 0 aliphatic carbocycles. The maximum Gasteiger partial charge on any atom is 0.343 e. The minimum absolute atomic E-state index is 0.0697. The second-order valence-electron chi connectivity index (χ2n) is 5.57. The molecule has 118 valence electrons. The molecule has 0 unspecified atom stereocenters. The van der Waals surface area contributed by atoms with Crippen LogP contribution < -0.4 is 5.32 Å². The molecule has 1 aromatic carbocycles. The number of para-hydroxylation sites is 2. The number of carbonyl (C=O) groups is 1. The highest BCUT2D eigenvalue weighted by Crippen LogP contribution is 2.18. The molecule has 0 spiro atoms. The van der Waals surface area contributed by atoms with Gasteiger partial charge in [0, 0.05) is 6.20 Å². The summed E-state index contributed by atoms with van der Waals surface area (Å²) in [6.07, 6.45) is 1.53. The molecular weight excluding hydrogens is 282 g/mol. The fourth-order valence-electron chi connectivity index (χ4n) is 1.83. The molecule has 0 radical (unpaired) electrons. The Kier molecular flexibility index (Phi) is 4.82. The number of aliphatic hydroxyl groups excluding tert-OH is 1. The van der Waals surface area contributed by atoms with E-state index < -0.39 is 11.5 Å². The highest BCUT2D eigenvalue weighted by molar-refractivity contribution is 6.15. The molecule has 1 heterocycles. The van der Waals surface area contributed by atoms with Crippen molar-refractivity contribution in [2.45, 2.75) is 26.3 Å². The molecule has 0 atom stereocenters. The Hall–Kier alpha value is -2.34. The summed E-state index contributed by atoms with van der Waals surface area (Å²) >= 11 is 0. The third kappa shape index (κ3) is 3.65. The van der Waals surface area contributed by atoms with Gasteiger partial charge in [0.1, 0.15) is 11.4 Å². The Morgan fingerprint density at radius 2 is 2.18 bits per heavy atom. The zero-order valence-electron chi connectivity index (χ0n) is 13.0. The average Bonchev–Trinajstić information content (AvgIpc) is 2.91. The third-order valence-electron chi connectivity index (χ3n) is 3.14. The molecule has 2 rings (SSSR count). The van der Waals surface area contributed by atoms with Gasteiger partial charge in [0.15, 0.2) is 0 Å². The van der Waals surface area contributed by atoms with E-state index in [2.05, 4.69) is 15.3 Å². The second kappa shape index (κ2) is 6.62. The minimum Gasteiger partial charge on any atom is -0.462 e. The van der Waals surface area contributed by atoms with Crippen LogP contribution in [0, 0.1) is 0 Å². The van der Waals surface area contributed by atoms with Gasteiger partial charge < -0.3 is 20.1 Å². The van der Waals surface area contributed by atoms with E-state index in [1.165, 1.54) is 6.20 Å².